The molecule has 0 saturated carbocycles. The third-order valence-corrected chi connectivity index (χ3v) is 3.68. The summed E-state index contributed by atoms with van der Waals surface area (Å²) >= 11 is 0. The average molecular weight is 246 g/mol. The van der Waals surface area contributed by atoms with Gasteiger partial charge in [-0.3, -0.25) is 4.79 Å². The molecule has 0 amide bonds. The Kier molecular flexibility index (Phi) is 2.38. The van der Waals surface area contributed by atoms with Crippen molar-refractivity contribution in [1.82, 2.24) is 5.32 Å². The molecule has 3 rings (SSSR count). The van der Waals surface area contributed by atoms with Gasteiger partial charge in [0.15, 0.2) is 5.78 Å². The van der Waals surface area contributed by atoms with Crippen molar-refractivity contribution in [3.05, 3.63) is 29.3 Å². The van der Waals surface area contributed by atoms with Gasteiger partial charge in [-0.05, 0) is 25.1 Å². The van der Waals surface area contributed by atoms with E-state index in [-0.39, 0.29) is 23.4 Å². The lowest BCUT2D eigenvalue weighted by Crippen LogP contribution is -2.56. The van der Waals surface area contributed by atoms with E-state index in [1.54, 1.807) is 12.1 Å². The number of fused-ring (bicyclic) bond motifs is 3. The summed E-state index contributed by atoms with van der Waals surface area (Å²) in [7, 11) is 0. The predicted molar refractivity (Wildman–Crippen MR) is 66.3 cm³/mol. The Hall–Kier alpha value is -1.88. The van der Waals surface area contributed by atoms with Crippen LogP contribution in [0.1, 0.15) is 27.6 Å². The molecule has 0 aromatic heterocycles. The van der Waals surface area contributed by atoms with Crippen LogP contribution in [0.3, 0.4) is 0 Å². The molecule has 18 heavy (non-hydrogen) atoms. The summed E-state index contributed by atoms with van der Waals surface area (Å²) in [5.74, 6) is -0.877. The quantitative estimate of drug-likeness (QED) is 0.765. The number of carbonyl (C=O) groups excluding carboxylic acids is 1. The van der Waals surface area contributed by atoms with Crippen LogP contribution in [-0.2, 0) is 0 Å². The molecule has 2 aliphatic rings. The van der Waals surface area contributed by atoms with Gasteiger partial charge in [-0.15, -0.1) is 0 Å². The van der Waals surface area contributed by atoms with Crippen molar-refractivity contribution >= 4 is 17.4 Å². The highest BCUT2D eigenvalue weighted by atomic mass is 16.4. The second kappa shape index (κ2) is 3.81. The number of hydrogen-bond acceptors (Lipinski definition) is 4. The number of aromatic carboxylic acids is 1. The molecule has 5 heteroatoms. The van der Waals surface area contributed by atoms with Gasteiger partial charge in [0.2, 0.25) is 0 Å². The van der Waals surface area contributed by atoms with Crippen molar-refractivity contribution in [3.63, 3.8) is 0 Å². The third kappa shape index (κ3) is 1.44. The van der Waals surface area contributed by atoms with Gasteiger partial charge >= 0.3 is 5.97 Å². The summed E-state index contributed by atoms with van der Waals surface area (Å²) in [6.07, 6.45) is 0. The molecule has 0 aliphatic carbocycles. The Morgan fingerprint density at radius 1 is 1.44 bits per heavy atom. The van der Waals surface area contributed by atoms with Crippen LogP contribution in [0.25, 0.3) is 0 Å². The van der Waals surface area contributed by atoms with E-state index < -0.39 is 5.97 Å². The maximum absolute atomic E-state index is 12.2. The molecule has 2 atom stereocenters. The van der Waals surface area contributed by atoms with Crippen molar-refractivity contribution < 1.29 is 14.7 Å². The van der Waals surface area contributed by atoms with Crippen LogP contribution >= 0.6 is 0 Å². The van der Waals surface area contributed by atoms with Crippen molar-refractivity contribution in [2.24, 2.45) is 0 Å². The molecule has 2 N–H and O–H groups in total. The minimum Gasteiger partial charge on any atom is -0.478 e. The van der Waals surface area contributed by atoms with E-state index in [0.29, 0.717) is 12.1 Å². The fraction of sp³-hybridized carbons (Fsp3) is 0.385. The van der Waals surface area contributed by atoms with E-state index in [0.717, 1.165) is 12.2 Å². The molecule has 2 heterocycles. The van der Waals surface area contributed by atoms with Crippen molar-refractivity contribution in [1.29, 1.82) is 0 Å². The highest BCUT2D eigenvalue weighted by Gasteiger charge is 2.41. The number of hydrogen-bond donors (Lipinski definition) is 2. The Balaban J connectivity index is 2.12. The van der Waals surface area contributed by atoms with E-state index in [2.05, 4.69) is 5.32 Å². The van der Waals surface area contributed by atoms with Crippen LogP contribution in [0.15, 0.2) is 18.2 Å². The Morgan fingerprint density at radius 2 is 2.22 bits per heavy atom. The van der Waals surface area contributed by atoms with Crippen molar-refractivity contribution in [3.8, 4) is 0 Å². The fourth-order valence-corrected chi connectivity index (χ4v) is 2.82. The van der Waals surface area contributed by atoms with Gasteiger partial charge < -0.3 is 15.3 Å². The topological polar surface area (TPSA) is 69.6 Å². The van der Waals surface area contributed by atoms with Crippen LogP contribution in [0, 0.1) is 0 Å². The first-order valence-electron chi connectivity index (χ1n) is 6.00. The number of carboxylic acids is 1. The summed E-state index contributed by atoms with van der Waals surface area (Å²) in [5.41, 5.74) is 1.63. The van der Waals surface area contributed by atoms with E-state index in [4.69, 9.17) is 5.11 Å². The van der Waals surface area contributed by atoms with Crippen LogP contribution in [0.4, 0.5) is 5.69 Å². The largest absolute Gasteiger partial charge is 0.478 e. The molecule has 1 aromatic rings. The molecule has 1 saturated heterocycles. The molecular weight excluding hydrogens is 232 g/mol. The molecule has 0 radical (unpaired) electrons. The first-order chi connectivity index (χ1) is 8.59. The van der Waals surface area contributed by atoms with Crippen LogP contribution in [0.2, 0.25) is 0 Å². The van der Waals surface area contributed by atoms with Gasteiger partial charge in [0.25, 0.3) is 0 Å². The number of Topliss-reactive ketones (excluding diaryl/α,β-unsaturated/α-hetero) is 1. The van der Waals surface area contributed by atoms with Crippen LogP contribution < -0.4 is 10.2 Å². The van der Waals surface area contributed by atoms with E-state index >= 15 is 0 Å². The molecule has 0 spiro atoms. The van der Waals surface area contributed by atoms with Gasteiger partial charge in [-0.2, -0.15) is 0 Å². The molecule has 0 bridgehead atoms. The maximum atomic E-state index is 12.2. The second-order valence-corrected chi connectivity index (χ2v) is 4.83. The molecule has 94 valence electrons. The highest BCUT2D eigenvalue weighted by Crippen LogP contribution is 2.35. The third-order valence-electron chi connectivity index (χ3n) is 3.68. The lowest BCUT2D eigenvalue weighted by molar-refractivity contribution is 0.0696. The number of nitrogens with one attached hydrogen (secondary N) is 1. The number of nitrogens with zero attached hydrogens (tertiary/aromatic N) is 1. The van der Waals surface area contributed by atoms with Gasteiger partial charge in [0.05, 0.1) is 5.56 Å². The molecule has 1 fully saturated rings. The maximum Gasteiger partial charge on any atom is 0.335 e. The van der Waals surface area contributed by atoms with Gasteiger partial charge in [0, 0.05) is 30.4 Å². The number of carbonyl (C=O) groups is 2. The smallest absolute Gasteiger partial charge is 0.335 e. The van der Waals surface area contributed by atoms with Crippen LogP contribution in [-0.4, -0.2) is 42.0 Å². The zero-order valence-corrected chi connectivity index (χ0v) is 10.0. The second-order valence-electron chi connectivity index (χ2n) is 4.83. The number of benzene rings is 1. The van der Waals surface area contributed by atoms with E-state index in [9.17, 15) is 9.59 Å². The van der Waals surface area contributed by atoms with E-state index in [1.807, 2.05) is 11.8 Å². The molecule has 1 aromatic carbocycles. The summed E-state index contributed by atoms with van der Waals surface area (Å²) in [6, 6.07) is 4.74. The van der Waals surface area contributed by atoms with Crippen molar-refractivity contribution in [2.45, 2.75) is 19.0 Å². The summed E-state index contributed by atoms with van der Waals surface area (Å²) in [4.78, 5) is 25.3. The molecule has 2 aliphatic heterocycles. The first kappa shape index (κ1) is 11.2. The Bertz CT molecular complexity index is 541. The standard InChI is InChI=1S/C13H14N2O3/c1-7-5-14-6-11-12(16)9-3-2-8(13(17)18)4-10(9)15(7)11/h2-4,7,11,14H,5-6H2,1H3,(H,17,18)/t7-,11?/m1/s1. The minimum absolute atomic E-state index is 0.0842. The molecule has 1 unspecified atom stereocenters. The monoisotopic (exact) mass is 246 g/mol. The van der Waals surface area contributed by atoms with Gasteiger partial charge in [-0.25, -0.2) is 4.79 Å². The SMILES string of the molecule is C[C@@H]1CNCC2C(=O)c3ccc(C(=O)O)cc3N21. The summed E-state index contributed by atoms with van der Waals surface area (Å²) < 4.78 is 0. The van der Waals surface area contributed by atoms with Crippen LogP contribution in [0.5, 0.6) is 0 Å². The minimum atomic E-state index is -0.962. The van der Waals surface area contributed by atoms with Gasteiger partial charge in [0.1, 0.15) is 6.04 Å². The molecular formula is C13H14N2O3. The zero-order valence-electron chi connectivity index (χ0n) is 10.0. The lowest BCUT2D eigenvalue weighted by atomic mass is 10.1. The number of ketones is 1. The number of anilines is 1. The summed E-state index contributed by atoms with van der Waals surface area (Å²) in [5, 5.41) is 12.3. The number of piperazine rings is 1. The van der Waals surface area contributed by atoms with Gasteiger partial charge in [-0.1, -0.05) is 0 Å². The van der Waals surface area contributed by atoms with E-state index in [1.165, 1.54) is 6.07 Å². The lowest BCUT2D eigenvalue weighted by Gasteiger charge is -2.37. The zero-order chi connectivity index (χ0) is 12.9. The highest BCUT2D eigenvalue weighted by molar-refractivity contribution is 6.12. The molecule has 5 nitrogen and oxygen atoms in total. The summed E-state index contributed by atoms with van der Waals surface area (Å²) in [6.45, 7) is 3.47. The number of carboxylic acid groups (broad SMARTS) is 1. The number of rotatable bonds is 1. The Labute approximate surface area is 104 Å². The average Bonchev–Trinajstić information content (AvgIpc) is 2.64. The first-order valence-corrected chi connectivity index (χ1v) is 6.00. The fourth-order valence-electron chi connectivity index (χ4n) is 2.82. The Morgan fingerprint density at radius 3 is 2.94 bits per heavy atom. The normalized spacial score (nSPS) is 25.8. The van der Waals surface area contributed by atoms with Crippen molar-refractivity contribution in [2.75, 3.05) is 18.0 Å². The predicted octanol–water partition coefficient (Wildman–Crippen LogP) is 0.748.